The average Bonchev–Trinajstić information content (AvgIpc) is 2.95. The Morgan fingerprint density at radius 3 is 2.58 bits per heavy atom. The standard InChI is InChI=1S/C21H20O5/c1-13(2)12-25-16-7-8-17-19(11-16)26-20(21(17)22)9-14-5-6-15(23-3)10-18(14)24-4/h5-11H,1,12H2,2-4H3/b20-9-. The van der Waals surface area contributed by atoms with E-state index in [1.165, 1.54) is 0 Å². The van der Waals surface area contributed by atoms with Gasteiger partial charge in [-0.1, -0.05) is 6.58 Å². The number of ether oxygens (including phenoxy) is 4. The molecule has 0 radical (unpaired) electrons. The van der Waals surface area contributed by atoms with Crippen LogP contribution in [-0.4, -0.2) is 26.6 Å². The summed E-state index contributed by atoms with van der Waals surface area (Å²) in [5, 5.41) is 0. The van der Waals surface area contributed by atoms with Gasteiger partial charge in [-0.15, -0.1) is 0 Å². The third kappa shape index (κ3) is 3.57. The number of hydrogen-bond acceptors (Lipinski definition) is 5. The zero-order valence-electron chi connectivity index (χ0n) is 15.0. The topological polar surface area (TPSA) is 54.0 Å². The predicted octanol–water partition coefficient (Wildman–Crippen LogP) is 4.27. The molecule has 0 spiro atoms. The Morgan fingerprint density at radius 2 is 1.88 bits per heavy atom. The van der Waals surface area contributed by atoms with Gasteiger partial charge in [0, 0.05) is 17.7 Å². The van der Waals surface area contributed by atoms with E-state index < -0.39 is 0 Å². The molecule has 3 rings (SSSR count). The quantitative estimate of drug-likeness (QED) is 0.574. The zero-order chi connectivity index (χ0) is 18.7. The number of carbonyl (C=O) groups is 1. The van der Waals surface area contributed by atoms with Crippen LogP contribution in [0.25, 0.3) is 6.08 Å². The summed E-state index contributed by atoms with van der Waals surface area (Å²) in [7, 11) is 3.15. The Morgan fingerprint density at radius 1 is 1.12 bits per heavy atom. The second-order valence-electron chi connectivity index (χ2n) is 5.95. The van der Waals surface area contributed by atoms with E-state index in [4.69, 9.17) is 18.9 Å². The van der Waals surface area contributed by atoms with Gasteiger partial charge in [0.2, 0.25) is 5.78 Å². The highest BCUT2D eigenvalue weighted by molar-refractivity contribution is 6.14. The Kier molecular flexibility index (Phi) is 4.98. The van der Waals surface area contributed by atoms with Crippen LogP contribution < -0.4 is 18.9 Å². The lowest BCUT2D eigenvalue weighted by Crippen LogP contribution is -1.99. The van der Waals surface area contributed by atoms with Gasteiger partial charge in [-0.25, -0.2) is 0 Å². The second kappa shape index (κ2) is 7.35. The molecule has 0 fully saturated rings. The van der Waals surface area contributed by atoms with E-state index in [1.807, 2.05) is 13.0 Å². The summed E-state index contributed by atoms with van der Waals surface area (Å²) in [6.07, 6.45) is 1.66. The van der Waals surface area contributed by atoms with Crippen molar-refractivity contribution in [3.63, 3.8) is 0 Å². The zero-order valence-corrected chi connectivity index (χ0v) is 15.0. The first-order chi connectivity index (χ1) is 12.5. The molecule has 134 valence electrons. The molecule has 1 aliphatic rings. The fraction of sp³-hybridized carbons (Fsp3) is 0.190. The van der Waals surface area contributed by atoms with E-state index in [9.17, 15) is 4.79 Å². The minimum atomic E-state index is -0.177. The first-order valence-corrected chi connectivity index (χ1v) is 8.09. The van der Waals surface area contributed by atoms with Crippen LogP contribution >= 0.6 is 0 Å². The van der Waals surface area contributed by atoms with Gasteiger partial charge in [-0.05, 0) is 42.8 Å². The van der Waals surface area contributed by atoms with Gasteiger partial charge >= 0.3 is 0 Å². The van der Waals surface area contributed by atoms with Crippen molar-refractivity contribution in [1.29, 1.82) is 0 Å². The summed E-state index contributed by atoms with van der Waals surface area (Å²) in [5.74, 6) is 2.43. The summed E-state index contributed by atoms with van der Waals surface area (Å²) in [6, 6.07) is 10.5. The molecule has 2 aromatic rings. The Hall–Kier alpha value is -3.21. The van der Waals surface area contributed by atoms with Crippen molar-refractivity contribution in [3.8, 4) is 23.0 Å². The minimum Gasteiger partial charge on any atom is -0.497 e. The number of methoxy groups -OCH3 is 2. The van der Waals surface area contributed by atoms with Crippen LogP contribution in [0, 0.1) is 0 Å². The molecule has 1 aliphatic heterocycles. The molecule has 26 heavy (non-hydrogen) atoms. The van der Waals surface area contributed by atoms with E-state index in [0.29, 0.717) is 35.2 Å². The Labute approximate surface area is 152 Å². The number of ketones is 1. The van der Waals surface area contributed by atoms with Gasteiger partial charge in [-0.2, -0.15) is 0 Å². The summed E-state index contributed by atoms with van der Waals surface area (Å²) < 4.78 is 21.9. The summed E-state index contributed by atoms with van der Waals surface area (Å²) in [4.78, 5) is 12.6. The lowest BCUT2D eigenvalue weighted by molar-refractivity contribution is 0.101. The Balaban J connectivity index is 1.87. The third-order valence-corrected chi connectivity index (χ3v) is 3.85. The minimum absolute atomic E-state index is 0.177. The van der Waals surface area contributed by atoms with Crippen LogP contribution in [-0.2, 0) is 0 Å². The first kappa shape index (κ1) is 17.6. The van der Waals surface area contributed by atoms with Crippen molar-refractivity contribution in [2.45, 2.75) is 6.92 Å². The number of allylic oxidation sites excluding steroid dienone is 1. The SMILES string of the molecule is C=C(C)COc1ccc2c(c1)O/C(=C\c1ccc(OC)cc1OC)C2=O. The summed E-state index contributed by atoms with van der Waals surface area (Å²) in [6.45, 7) is 6.10. The van der Waals surface area contributed by atoms with E-state index in [0.717, 1.165) is 11.1 Å². The highest BCUT2D eigenvalue weighted by Crippen LogP contribution is 2.36. The highest BCUT2D eigenvalue weighted by atomic mass is 16.5. The second-order valence-corrected chi connectivity index (χ2v) is 5.95. The fourth-order valence-electron chi connectivity index (χ4n) is 2.54. The van der Waals surface area contributed by atoms with Crippen molar-refractivity contribution in [2.24, 2.45) is 0 Å². The number of benzene rings is 2. The number of carbonyl (C=O) groups excluding carboxylic acids is 1. The molecule has 0 aliphatic carbocycles. The molecule has 0 unspecified atom stereocenters. The van der Waals surface area contributed by atoms with Gasteiger partial charge in [0.1, 0.15) is 29.6 Å². The van der Waals surface area contributed by atoms with Crippen molar-refractivity contribution >= 4 is 11.9 Å². The van der Waals surface area contributed by atoms with Crippen molar-refractivity contribution in [1.82, 2.24) is 0 Å². The average molecular weight is 352 g/mol. The van der Waals surface area contributed by atoms with E-state index in [2.05, 4.69) is 6.58 Å². The number of fused-ring (bicyclic) bond motifs is 1. The maximum atomic E-state index is 12.6. The fourth-order valence-corrected chi connectivity index (χ4v) is 2.54. The molecule has 0 atom stereocenters. The number of hydrogen-bond donors (Lipinski definition) is 0. The van der Waals surface area contributed by atoms with Crippen molar-refractivity contribution in [2.75, 3.05) is 20.8 Å². The molecule has 0 N–H and O–H groups in total. The largest absolute Gasteiger partial charge is 0.497 e. The molecule has 0 saturated carbocycles. The van der Waals surface area contributed by atoms with Gasteiger partial charge in [0.25, 0.3) is 0 Å². The maximum absolute atomic E-state index is 12.6. The molecule has 2 aromatic carbocycles. The molecule has 0 amide bonds. The van der Waals surface area contributed by atoms with E-state index in [1.54, 1.807) is 50.6 Å². The third-order valence-electron chi connectivity index (χ3n) is 3.85. The number of Topliss-reactive ketones (excluding diaryl/α,β-unsaturated/α-hetero) is 1. The molecule has 5 heteroatoms. The predicted molar refractivity (Wildman–Crippen MR) is 99.2 cm³/mol. The molecular formula is C21H20O5. The molecule has 5 nitrogen and oxygen atoms in total. The molecule has 1 heterocycles. The highest BCUT2D eigenvalue weighted by Gasteiger charge is 2.28. The van der Waals surface area contributed by atoms with E-state index in [-0.39, 0.29) is 11.5 Å². The smallest absolute Gasteiger partial charge is 0.231 e. The molecule has 0 saturated heterocycles. The molecule has 0 bridgehead atoms. The van der Waals surface area contributed by atoms with Crippen LogP contribution in [0.3, 0.4) is 0 Å². The molecule has 0 aromatic heterocycles. The van der Waals surface area contributed by atoms with Crippen LogP contribution in [0.4, 0.5) is 0 Å². The van der Waals surface area contributed by atoms with Gasteiger partial charge in [0.15, 0.2) is 5.76 Å². The number of rotatable bonds is 6. The van der Waals surface area contributed by atoms with Gasteiger partial charge in [0.05, 0.1) is 19.8 Å². The monoisotopic (exact) mass is 352 g/mol. The summed E-state index contributed by atoms with van der Waals surface area (Å²) in [5.41, 5.74) is 2.14. The van der Waals surface area contributed by atoms with Crippen LogP contribution in [0.5, 0.6) is 23.0 Å². The van der Waals surface area contributed by atoms with E-state index >= 15 is 0 Å². The molecular weight excluding hydrogens is 332 g/mol. The van der Waals surface area contributed by atoms with Gasteiger partial charge < -0.3 is 18.9 Å². The van der Waals surface area contributed by atoms with Crippen LogP contribution in [0.15, 0.2) is 54.3 Å². The van der Waals surface area contributed by atoms with Crippen molar-refractivity contribution in [3.05, 3.63) is 65.4 Å². The van der Waals surface area contributed by atoms with Crippen molar-refractivity contribution < 1.29 is 23.7 Å². The normalized spacial score (nSPS) is 14.0. The Bertz CT molecular complexity index is 895. The van der Waals surface area contributed by atoms with Gasteiger partial charge in [-0.3, -0.25) is 4.79 Å². The summed E-state index contributed by atoms with van der Waals surface area (Å²) >= 11 is 0. The van der Waals surface area contributed by atoms with Crippen LogP contribution in [0.1, 0.15) is 22.8 Å². The lowest BCUT2D eigenvalue weighted by Gasteiger charge is -2.08. The maximum Gasteiger partial charge on any atom is 0.231 e. The lowest BCUT2D eigenvalue weighted by atomic mass is 10.1. The van der Waals surface area contributed by atoms with Crippen LogP contribution in [0.2, 0.25) is 0 Å². The first-order valence-electron chi connectivity index (χ1n) is 8.09.